The molecule has 0 aliphatic carbocycles. The van der Waals surface area contributed by atoms with E-state index in [1.165, 1.54) is 5.56 Å². The largest absolute Gasteiger partial charge is 0.484 e. The number of ether oxygens (including phenoxy) is 1. The third-order valence-corrected chi connectivity index (χ3v) is 5.93. The topological polar surface area (TPSA) is 49.9 Å². The van der Waals surface area contributed by atoms with Crippen LogP contribution in [0.4, 0.5) is 5.69 Å². The number of hydrogen-bond donors (Lipinski definition) is 0. The summed E-state index contributed by atoms with van der Waals surface area (Å²) in [5.41, 5.74) is 2.34. The van der Waals surface area contributed by atoms with Crippen molar-refractivity contribution in [2.75, 3.05) is 31.1 Å². The van der Waals surface area contributed by atoms with Crippen molar-refractivity contribution in [2.24, 2.45) is 5.92 Å². The number of anilines is 1. The van der Waals surface area contributed by atoms with Crippen LogP contribution in [-0.4, -0.2) is 43.0 Å². The molecule has 0 spiro atoms. The molecule has 0 aromatic heterocycles. The average Bonchev–Trinajstić information content (AvgIpc) is 3.00. The van der Waals surface area contributed by atoms with Gasteiger partial charge < -0.3 is 14.5 Å². The van der Waals surface area contributed by atoms with Gasteiger partial charge in [-0.2, -0.15) is 0 Å². The fourth-order valence-corrected chi connectivity index (χ4v) is 4.27. The summed E-state index contributed by atoms with van der Waals surface area (Å²) < 4.78 is 5.58. The second kappa shape index (κ2) is 9.12. The Hall–Kier alpha value is -2.82. The van der Waals surface area contributed by atoms with Crippen molar-refractivity contribution in [3.8, 4) is 5.75 Å². The monoisotopic (exact) mass is 392 g/mol. The van der Waals surface area contributed by atoms with Gasteiger partial charge in [0.15, 0.2) is 6.61 Å². The van der Waals surface area contributed by atoms with Gasteiger partial charge in [0.25, 0.3) is 5.91 Å². The van der Waals surface area contributed by atoms with Crippen LogP contribution in [0, 0.1) is 5.92 Å². The van der Waals surface area contributed by atoms with Gasteiger partial charge in [-0.15, -0.1) is 0 Å². The summed E-state index contributed by atoms with van der Waals surface area (Å²) in [6, 6.07) is 17.6. The second-order valence-electron chi connectivity index (χ2n) is 7.83. The number of likely N-dealkylation sites (tertiary alicyclic amines) is 1. The number of benzene rings is 2. The minimum absolute atomic E-state index is 0.0137. The van der Waals surface area contributed by atoms with Crippen molar-refractivity contribution in [2.45, 2.75) is 32.1 Å². The Balaban J connectivity index is 1.32. The van der Waals surface area contributed by atoms with Crippen LogP contribution in [0.5, 0.6) is 5.75 Å². The van der Waals surface area contributed by atoms with E-state index in [2.05, 4.69) is 18.2 Å². The molecule has 2 aromatic carbocycles. The number of rotatable bonds is 4. The lowest BCUT2D eigenvalue weighted by Crippen LogP contribution is -2.46. The van der Waals surface area contributed by atoms with Crippen LogP contribution in [-0.2, 0) is 16.0 Å². The maximum absolute atomic E-state index is 13.3. The van der Waals surface area contributed by atoms with Gasteiger partial charge in [-0.25, -0.2) is 0 Å². The Morgan fingerprint density at radius 1 is 0.897 bits per heavy atom. The molecule has 2 amide bonds. The molecule has 4 rings (SSSR count). The quantitative estimate of drug-likeness (QED) is 0.798. The van der Waals surface area contributed by atoms with Gasteiger partial charge >= 0.3 is 0 Å². The lowest BCUT2D eigenvalue weighted by Gasteiger charge is -2.34. The first-order chi connectivity index (χ1) is 14.2. The highest BCUT2D eigenvalue weighted by Crippen LogP contribution is 2.29. The fourth-order valence-electron chi connectivity index (χ4n) is 4.27. The summed E-state index contributed by atoms with van der Waals surface area (Å²) in [4.78, 5) is 29.5. The molecule has 2 aromatic rings. The number of carbonyl (C=O) groups is 2. The Morgan fingerprint density at radius 3 is 2.41 bits per heavy atom. The second-order valence-corrected chi connectivity index (χ2v) is 7.83. The van der Waals surface area contributed by atoms with E-state index in [1.54, 1.807) is 0 Å². The van der Waals surface area contributed by atoms with E-state index in [0.717, 1.165) is 31.5 Å². The number of para-hydroxylation sites is 2. The molecule has 2 heterocycles. The maximum Gasteiger partial charge on any atom is 0.260 e. The first kappa shape index (κ1) is 19.5. The highest BCUT2D eigenvalue weighted by molar-refractivity contribution is 5.96. The summed E-state index contributed by atoms with van der Waals surface area (Å²) in [6.07, 6.45) is 4.63. The molecular formula is C24H28N2O3. The Labute approximate surface area is 172 Å². The van der Waals surface area contributed by atoms with E-state index in [9.17, 15) is 9.59 Å². The van der Waals surface area contributed by atoms with Crippen molar-refractivity contribution >= 4 is 17.5 Å². The Bertz CT molecular complexity index is 844. The van der Waals surface area contributed by atoms with Crippen molar-refractivity contribution in [3.05, 3.63) is 60.2 Å². The lowest BCUT2D eigenvalue weighted by molar-refractivity contribution is -0.136. The summed E-state index contributed by atoms with van der Waals surface area (Å²) in [7, 11) is 0. The summed E-state index contributed by atoms with van der Waals surface area (Å²) in [5, 5.41) is 0. The Kier molecular flexibility index (Phi) is 6.13. The predicted octanol–water partition coefficient (Wildman–Crippen LogP) is 3.67. The zero-order valence-corrected chi connectivity index (χ0v) is 16.8. The first-order valence-electron chi connectivity index (χ1n) is 10.6. The third-order valence-electron chi connectivity index (χ3n) is 5.93. The number of piperidine rings is 1. The molecule has 5 heteroatoms. The van der Waals surface area contributed by atoms with Crippen LogP contribution >= 0.6 is 0 Å². The van der Waals surface area contributed by atoms with Gasteiger partial charge in [-0.1, -0.05) is 36.4 Å². The van der Waals surface area contributed by atoms with E-state index < -0.39 is 0 Å². The average molecular weight is 392 g/mol. The smallest absolute Gasteiger partial charge is 0.260 e. The SMILES string of the molecule is O=C(COc1ccccc1)N1CCC(C(=O)N2CCCCc3ccccc32)CC1. The minimum atomic E-state index is -0.0140. The van der Waals surface area contributed by atoms with Gasteiger partial charge in [0.05, 0.1) is 0 Å². The molecule has 2 aliphatic heterocycles. The maximum atomic E-state index is 13.3. The molecule has 1 saturated heterocycles. The number of fused-ring (bicyclic) bond motifs is 1. The van der Waals surface area contributed by atoms with E-state index >= 15 is 0 Å². The molecule has 29 heavy (non-hydrogen) atoms. The number of aryl methyl sites for hydroxylation is 1. The molecule has 2 aliphatic rings. The molecule has 0 saturated carbocycles. The number of amides is 2. The number of hydrogen-bond acceptors (Lipinski definition) is 3. The molecule has 5 nitrogen and oxygen atoms in total. The highest BCUT2D eigenvalue weighted by atomic mass is 16.5. The third kappa shape index (κ3) is 4.61. The molecule has 0 radical (unpaired) electrons. The molecule has 0 unspecified atom stereocenters. The molecule has 152 valence electrons. The van der Waals surface area contributed by atoms with Gasteiger partial charge in [0.1, 0.15) is 5.75 Å². The molecule has 1 fully saturated rings. The molecular weight excluding hydrogens is 364 g/mol. The van der Waals surface area contributed by atoms with E-state index in [0.29, 0.717) is 31.7 Å². The highest BCUT2D eigenvalue weighted by Gasteiger charge is 2.32. The normalized spacial score (nSPS) is 17.4. The minimum Gasteiger partial charge on any atom is -0.484 e. The predicted molar refractivity (Wildman–Crippen MR) is 113 cm³/mol. The number of nitrogens with zero attached hydrogens (tertiary/aromatic N) is 2. The van der Waals surface area contributed by atoms with Gasteiger partial charge in [0, 0.05) is 31.2 Å². The van der Waals surface area contributed by atoms with Crippen molar-refractivity contribution in [1.29, 1.82) is 0 Å². The van der Waals surface area contributed by atoms with Crippen LogP contribution in [0.3, 0.4) is 0 Å². The first-order valence-corrected chi connectivity index (χ1v) is 10.6. The van der Waals surface area contributed by atoms with Crippen molar-refractivity contribution in [3.63, 3.8) is 0 Å². The standard InChI is InChI=1S/C24H28N2O3/c27-23(18-29-21-10-2-1-3-11-21)25-16-13-20(14-17-25)24(28)26-15-7-6-9-19-8-4-5-12-22(19)26/h1-5,8,10-12,20H,6-7,9,13-18H2. The van der Waals surface area contributed by atoms with Gasteiger partial charge in [0.2, 0.25) is 5.91 Å². The van der Waals surface area contributed by atoms with E-state index in [4.69, 9.17) is 4.74 Å². The zero-order valence-electron chi connectivity index (χ0n) is 16.8. The summed E-state index contributed by atoms with van der Waals surface area (Å²) in [6.45, 7) is 2.06. The fraction of sp³-hybridized carbons (Fsp3) is 0.417. The van der Waals surface area contributed by atoms with Crippen LogP contribution in [0.2, 0.25) is 0 Å². The molecule has 0 atom stereocenters. The van der Waals surface area contributed by atoms with Crippen LogP contribution < -0.4 is 9.64 Å². The summed E-state index contributed by atoms with van der Waals surface area (Å²) >= 11 is 0. The molecule has 0 bridgehead atoms. The van der Waals surface area contributed by atoms with Gasteiger partial charge in [-0.3, -0.25) is 9.59 Å². The van der Waals surface area contributed by atoms with Gasteiger partial charge in [-0.05, 0) is 55.9 Å². The zero-order chi connectivity index (χ0) is 20.1. The van der Waals surface area contributed by atoms with E-state index in [-0.39, 0.29) is 24.3 Å². The van der Waals surface area contributed by atoms with Crippen LogP contribution in [0.25, 0.3) is 0 Å². The number of carbonyl (C=O) groups excluding carboxylic acids is 2. The van der Waals surface area contributed by atoms with E-state index in [1.807, 2.05) is 46.2 Å². The lowest BCUT2D eigenvalue weighted by atomic mass is 9.94. The Morgan fingerprint density at radius 2 is 1.62 bits per heavy atom. The molecule has 0 N–H and O–H groups in total. The van der Waals surface area contributed by atoms with Crippen LogP contribution in [0.15, 0.2) is 54.6 Å². The van der Waals surface area contributed by atoms with Crippen LogP contribution in [0.1, 0.15) is 31.2 Å². The summed E-state index contributed by atoms with van der Waals surface area (Å²) in [5.74, 6) is 0.887. The van der Waals surface area contributed by atoms with Crippen molar-refractivity contribution in [1.82, 2.24) is 4.90 Å². The van der Waals surface area contributed by atoms with Crippen molar-refractivity contribution < 1.29 is 14.3 Å².